The lowest BCUT2D eigenvalue weighted by Crippen LogP contribution is -2.25. The molecule has 1 saturated heterocycles. The van der Waals surface area contributed by atoms with Crippen molar-refractivity contribution < 1.29 is 19.1 Å². The number of hydrogen-bond acceptors (Lipinski definition) is 5. The van der Waals surface area contributed by atoms with Gasteiger partial charge in [-0.2, -0.15) is 5.10 Å². The number of anilines is 1. The van der Waals surface area contributed by atoms with Crippen LogP contribution in [0.4, 0.5) is 10.5 Å². The van der Waals surface area contributed by atoms with Gasteiger partial charge >= 0.3 is 6.09 Å². The minimum absolute atomic E-state index is 0.189. The molecule has 2 heterocycles. The van der Waals surface area contributed by atoms with Crippen LogP contribution >= 0.6 is 0 Å². The number of carbonyl (C=O) groups is 2. The number of carbonyl (C=O) groups excluding carboxylic acids is 2. The van der Waals surface area contributed by atoms with Gasteiger partial charge in [0.2, 0.25) is 0 Å². The Morgan fingerprint density at radius 1 is 1.22 bits per heavy atom. The van der Waals surface area contributed by atoms with Crippen LogP contribution in [0.2, 0.25) is 0 Å². The number of benzene rings is 2. The number of methoxy groups -OCH3 is 1. The van der Waals surface area contributed by atoms with Crippen LogP contribution in [0.15, 0.2) is 54.6 Å². The summed E-state index contributed by atoms with van der Waals surface area (Å²) in [6, 6.07) is 16.6. The van der Waals surface area contributed by atoms with Gasteiger partial charge in [0.1, 0.15) is 18.1 Å². The van der Waals surface area contributed by atoms with E-state index in [-0.39, 0.29) is 18.5 Å². The first kappa shape index (κ1) is 21.0. The summed E-state index contributed by atoms with van der Waals surface area (Å²) in [5.74, 6) is 6.37. The predicted octanol–water partition coefficient (Wildman–Crippen LogP) is 2.83. The molecule has 0 unspecified atom stereocenters. The molecular formula is C24H22N4O4. The second-order valence-electron chi connectivity index (χ2n) is 7.04. The zero-order valence-electron chi connectivity index (χ0n) is 17.8. The fourth-order valence-corrected chi connectivity index (χ4v) is 3.38. The molecule has 2 amide bonds. The van der Waals surface area contributed by atoms with Gasteiger partial charge in [-0.15, -0.1) is 0 Å². The van der Waals surface area contributed by atoms with Crippen molar-refractivity contribution in [3.8, 4) is 28.8 Å². The maximum absolute atomic E-state index is 12.6. The van der Waals surface area contributed by atoms with Crippen molar-refractivity contribution in [2.75, 3.05) is 31.7 Å². The fourth-order valence-electron chi connectivity index (χ4n) is 3.38. The Kier molecular flexibility index (Phi) is 6.08. The van der Waals surface area contributed by atoms with Crippen LogP contribution in [0, 0.1) is 11.8 Å². The number of hydrogen-bond donors (Lipinski definition) is 1. The molecule has 1 aromatic heterocycles. The maximum Gasteiger partial charge on any atom is 0.414 e. The zero-order chi connectivity index (χ0) is 22.5. The molecule has 162 valence electrons. The monoisotopic (exact) mass is 430 g/mol. The smallest absolute Gasteiger partial charge is 0.414 e. The van der Waals surface area contributed by atoms with Crippen LogP contribution in [-0.4, -0.2) is 48.6 Å². The van der Waals surface area contributed by atoms with E-state index in [1.54, 1.807) is 25.1 Å². The van der Waals surface area contributed by atoms with Crippen LogP contribution in [0.25, 0.3) is 11.3 Å². The summed E-state index contributed by atoms with van der Waals surface area (Å²) >= 11 is 0. The third kappa shape index (κ3) is 4.42. The highest BCUT2D eigenvalue weighted by atomic mass is 16.6. The Bertz CT molecular complexity index is 1200. The molecule has 0 spiro atoms. The number of rotatable bonds is 5. The van der Waals surface area contributed by atoms with E-state index in [9.17, 15) is 9.59 Å². The highest BCUT2D eigenvalue weighted by Gasteiger charge is 2.23. The lowest BCUT2D eigenvalue weighted by Gasteiger charge is -2.11. The van der Waals surface area contributed by atoms with E-state index in [2.05, 4.69) is 22.3 Å². The van der Waals surface area contributed by atoms with Crippen molar-refractivity contribution in [1.82, 2.24) is 15.1 Å². The summed E-state index contributed by atoms with van der Waals surface area (Å²) in [5, 5.41) is 7.23. The van der Waals surface area contributed by atoms with Crippen LogP contribution in [0.3, 0.4) is 0 Å². The van der Waals surface area contributed by atoms with Crippen molar-refractivity contribution in [3.63, 3.8) is 0 Å². The van der Waals surface area contributed by atoms with E-state index in [0.29, 0.717) is 30.3 Å². The zero-order valence-corrected chi connectivity index (χ0v) is 17.8. The average Bonchev–Trinajstić information content (AvgIpc) is 3.42. The molecule has 0 atom stereocenters. The van der Waals surface area contributed by atoms with Crippen molar-refractivity contribution in [1.29, 1.82) is 0 Å². The molecule has 1 aliphatic rings. The van der Waals surface area contributed by atoms with Gasteiger partial charge in [0.05, 0.1) is 25.9 Å². The molecule has 0 saturated carbocycles. The SMILES string of the molecule is COc1ccccc1-c1cc(C(=O)NCC#Cc2ccc(N3CCOC3=O)cc2)n(C)n1. The van der Waals surface area contributed by atoms with Gasteiger partial charge in [-0.25, -0.2) is 4.79 Å². The van der Waals surface area contributed by atoms with Crippen LogP contribution in [0.1, 0.15) is 16.1 Å². The predicted molar refractivity (Wildman–Crippen MR) is 120 cm³/mol. The van der Waals surface area contributed by atoms with Crippen molar-refractivity contribution in [2.24, 2.45) is 7.05 Å². The third-order valence-electron chi connectivity index (χ3n) is 5.01. The first-order valence-electron chi connectivity index (χ1n) is 10.1. The van der Waals surface area contributed by atoms with Crippen LogP contribution < -0.4 is 15.0 Å². The summed E-state index contributed by atoms with van der Waals surface area (Å²) in [4.78, 5) is 25.8. The standard InChI is InChI=1S/C24H22N4O4/c1-27-21(16-20(26-27)19-7-3-4-8-22(19)31-2)23(29)25-13-5-6-17-9-11-18(12-10-17)28-14-15-32-24(28)30/h3-4,7-12,16H,13-15H2,1-2H3,(H,25,29). The number of cyclic esters (lactones) is 1. The van der Waals surface area contributed by atoms with Crippen LogP contribution in [-0.2, 0) is 11.8 Å². The normalized spacial score (nSPS) is 12.7. The molecule has 32 heavy (non-hydrogen) atoms. The Hall–Kier alpha value is -4.25. The Morgan fingerprint density at radius 3 is 2.72 bits per heavy atom. The van der Waals surface area contributed by atoms with Crippen LogP contribution in [0.5, 0.6) is 5.75 Å². The minimum Gasteiger partial charge on any atom is -0.496 e. The molecule has 8 nitrogen and oxygen atoms in total. The topological polar surface area (TPSA) is 85.7 Å². The maximum atomic E-state index is 12.6. The Balaban J connectivity index is 1.37. The molecule has 3 aromatic rings. The molecule has 4 rings (SSSR count). The second-order valence-corrected chi connectivity index (χ2v) is 7.04. The summed E-state index contributed by atoms with van der Waals surface area (Å²) in [6.07, 6.45) is -0.337. The molecule has 0 aliphatic carbocycles. The molecule has 1 fully saturated rings. The minimum atomic E-state index is -0.337. The lowest BCUT2D eigenvalue weighted by molar-refractivity contribution is 0.0949. The van der Waals surface area contributed by atoms with E-state index in [1.807, 2.05) is 48.5 Å². The molecule has 0 bridgehead atoms. The number of aryl methyl sites for hydroxylation is 1. The van der Waals surface area contributed by atoms with E-state index in [0.717, 1.165) is 16.8 Å². The summed E-state index contributed by atoms with van der Waals surface area (Å²) in [6.45, 7) is 1.13. The van der Waals surface area contributed by atoms with Crippen molar-refractivity contribution >= 4 is 17.7 Å². The number of aromatic nitrogens is 2. The van der Waals surface area contributed by atoms with Crippen molar-refractivity contribution in [3.05, 3.63) is 65.9 Å². The van der Waals surface area contributed by atoms with Crippen molar-refractivity contribution in [2.45, 2.75) is 0 Å². The summed E-state index contributed by atoms with van der Waals surface area (Å²) in [7, 11) is 3.32. The van der Waals surface area contributed by atoms with E-state index >= 15 is 0 Å². The van der Waals surface area contributed by atoms with E-state index in [4.69, 9.17) is 9.47 Å². The summed E-state index contributed by atoms with van der Waals surface area (Å²) in [5.41, 5.74) is 3.45. The Morgan fingerprint density at radius 2 is 2.00 bits per heavy atom. The first-order valence-corrected chi connectivity index (χ1v) is 10.1. The number of nitrogens with one attached hydrogen (secondary N) is 1. The highest BCUT2D eigenvalue weighted by molar-refractivity contribution is 5.94. The van der Waals surface area contributed by atoms with E-state index < -0.39 is 0 Å². The van der Waals surface area contributed by atoms with Gasteiger partial charge in [0.15, 0.2) is 0 Å². The number of nitrogens with zero attached hydrogens (tertiary/aromatic N) is 3. The average molecular weight is 430 g/mol. The van der Waals surface area contributed by atoms with Gasteiger partial charge in [0.25, 0.3) is 5.91 Å². The molecule has 8 heteroatoms. The first-order chi connectivity index (χ1) is 15.6. The molecule has 1 aliphatic heterocycles. The third-order valence-corrected chi connectivity index (χ3v) is 5.01. The number of ether oxygens (including phenoxy) is 2. The molecule has 2 aromatic carbocycles. The number of para-hydroxylation sites is 1. The fraction of sp³-hybridized carbons (Fsp3) is 0.208. The van der Waals surface area contributed by atoms with Gasteiger partial charge < -0.3 is 14.8 Å². The lowest BCUT2D eigenvalue weighted by atomic mass is 10.1. The molecule has 1 N–H and O–H groups in total. The van der Waals surface area contributed by atoms with Gasteiger partial charge in [-0.3, -0.25) is 14.4 Å². The van der Waals surface area contributed by atoms with Gasteiger partial charge in [0, 0.05) is 23.9 Å². The highest BCUT2D eigenvalue weighted by Crippen LogP contribution is 2.28. The largest absolute Gasteiger partial charge is 0.496 e. The van der Waals surface area contributed by atoms with E-state index in [1.165, 1.54) is 4.68 Å². The molecule has 0 radical (unpaired) electrons. The second kappa shape index (κ2) is 9.27. The van der Waals surface area contributed by atoms with Gasteiger partial charge in [-0.05, 0) is 42.5 Å². The quantitative estimate of drug-likeness (QED) is 0.629. The Labute approximate surface area is 185 Å². The number of amides is 2. The molecular weight excluding hydrogens is 408 g/mol. The summed E-state index contributed by atoms with van der Waals surface area (Å²) < 4.78 is 11.9. The van der Waals surface area contributed by atoms with Gasteiger partial charge in [-0.1, -0.05) is 24.0 Å².